The van der Waals surface area contributed by atoms with Gasteiger partial charge in [-0.25, -0.2) is 0 Å². The van der Waals surface area contributed by atoms with E-state index < -0.39 is 0 Å². The summed E-state index contributed by atoms with van der Waals surface area (Å²) in [5.41, 5.74) is 7.27. The molecule has 10 heavy (non-hydrogen) atoms. The van der Waals surface area contributed by atoms with Crippen molar-refractivity contribution in [2.45, 2.75) is 25.4 Å². The van der Waals surface area contributed by atoms with Crippen LogP contribution in [0.2, 0.25) is 0 Å². The van der Waals surface area contributed by atoms with Crippen molar-refractivity contribution in [1.29, 1.82) is 0 Å². The van der Waals surface area contributed by atoms with Gasteiger partial charge in [0.25, 0.3) is 0 Å². The third-order valence-electron chi connectivity index (χ3n) is 2.55. The predicted molar refractivity (Wildman–Crippen MR) is 41.4 cm³/mol. The molecular weight excluding hydrogens is 124 g/mol. The van der Waals surface area contributed by atoms with Crippen molar-refractivity contribution < 1.29 is 0 Å². The lowest BCUT2D eigenvalue weighted by Gasteiger charge is -2.16. The Balaban J connectivity index is 2.19. The van der Waals surface area contributed by atoms with Gasteiger partial charge in [0, 0.05) is 6.54 Å². The van der Waals surface area contributed by atoms with Crippen LogP contribution in [0.4, 0.5) is 0 Å². The molecule has 0 bridgehead atoms. The van der Waals surface area contributed by atoms with E-state index in [1.807, 2.05) is 0 Å². The normalized spacial score (nSPS) is 39.1. The molecule has 1 fully saturated rings. The summed E-state index contributed by atoms with van der Waals surface area (Å²) < 4.78 is 0. The van der Waals surface area contributed by atoms with Gasteiger partial charge < -0.3 is 5.73 Å². The average molecular weight is 138 g/mol. The first kappa shape index (κ1) is 6.38. The molecule has 0 aromatic carbocycles. The van der Waals surface area contributed by atoms with Gasteiger partial charge in [0.1, 0.15) is 0 Å². The highest BCUT2D eigenvalue weighted by Gasteiger charge is 2.27. The van der Waals surface area contributed by atoms with Gasteiger partial charge in [-0.05, 0) is 30.8 Å². The Kier molecular flexibility index (Phi) is 1.51. The molecule has 0 aromatic rings. The Bertz CT molecular complexity index is 163. The van der Waals surface area contributed by atoms with E-state index in [1.165, 1.54) is 24.8 Å². The van der Waals surface area contributed by atoms with E-state index in [2.05, 4.69) is 11.4 Å². The number of hydrogen-bond acceptors (Lipinski definition) is 2. The molecule has 3 N–H and O–H groups in total. The van der Waals surface area contributed by atoms with Crippen molar-refractivity contribution in [2.24, 2.45) is 11.7 Å². The van der Waals surface area contributed by atoms with Crippen LogP contribution in [-0.4, -0.2) is 12.7 Å². The second-order valence-electron chi connectivity index (χ2n) is 3.22. The summed E-state index contributed by atoms with van der Waals surface area (Å²) >= 11 is 0. The van der Waals surface area contributed by atoms with Crippen molar-refractivity contribution in [3.05, 3.63) is 11.6 Å². The van der Waals surface area contributed by atoms with Crippen LogP contribution in [0.3, 0.4) is 0 Å². The van der Waals surface area contributed by atoms with Crippen molar-refractivity contribution in [3.63, 3.8) is 0 Å². The average Bonchev–Trinajstić information content (AvgIpc) is 2.34. The highest BCUT2D eigenvalue weighted by Crippen LogP contribution is 2.28. The van der Waals surface area contributed by atoms with E-state index in [-0.39, 0.29) is 6.17 Å². The fourth-order valence-electron chi connectivity index (χ4n) is 1.95. The molecule has 56 valence electrons. The van der Waals surface area contributed by atoms with Crippen LogP contribution in [0, 0.1) is 5.92 Å². The SMILES string of the molecule is NC1NCC2CCCC=C21. The van der Waals surface area contributed by atoms with Gasteiger partial charge in [0.05, 0.1) is 6.17 Å². The number of hydrogen-bond donors (Lipinski definition) is 2. The van der Waals surface area contributed by atoms with Crippen molar-refractivity contribution in [2.75, 3.05) is 6.54 Å². The van der Waals surface area contributed by atoms with Crippen LogP contribution >= 0.6 is 0 Å². The van der Waals surface area contributed by atoms with Crippen LogP contribution in [0.5, 0.6) is 0 Å². The fraction of sp³-hybridized carbons (Fsp3) is 0.750. The third kappa shape index (κ3) is 0.879. The molecule has 1 saturated heterocycles. The largest absolute Gasteiger partial charge is 0.312 e. The summed E-state index contributed by atoms with van der Waals surface area (Å²) in [4.78, 5) is 0. The van der Waals surface area contributed by atoms with E-state index in [4.69, 9.17) is 5.73 Å². The van der Waals surface area contributed by atoms with Gasteiger partial charge in [-0.3, -0.25) is 5.32 Å². The van der Waals surface area contributed by atoms with Gasteiger partial charge in [0.2, 0.25) is 0 Å². The molecule has 2 unspecified atom stereocenters. The highest BCUT2D eigenvalue weighted by molar-refractivity contribution is 5.20. The number of rotatable bonds is 0. The smallest absolute Gasteiger partial charge is 0.0772 e. The van der Waals surface area contributed by atoms with Crippen molar-refractivity contribution >= 4 is 0 Å². The molecule has 0 radical (unpaired) electrons. The van der Waals surface area contributed by atoms with E-state index in [0.717, 1.165) is 12.5 Å². The van der Waals surface area contributed by atoms with Crippen LogP contribution in [0.25, 0.3) is 0 Å². The molecule has 0 spiro atoms. The summed E-state index contributed by atoms with van der Waals surface area (Å²) in [6.45, 7) is 1.10. The molecule has 1 aliphatic heterocycles. The lowest BCUT2D eigenvalue weighted by molar-refractivity contribution is 0.546. The molecule has 0 aromatic heterocycles. The zero-order chi connectivity index (χ0) is 6.97. The maximum Gasteiger partial charge on any atom is 0.0772 e. The Morgan fingerprint density at radius 3 is 3.30 bits per heavy atom. The molecule has 2 atom stereocenters. The van der Waals surface area contributed by atoms with Gasteiger partial charge in [0.15, 0.2) is 0 Å². The number of nitrogens with one attached hydrogen (secondary N) is 1. The zero-order valence-corrected chi connectivity index (χ0v) is 6.14. The highest BCUT2D eigenvalue weighted by atomic mass is 15.1. The molecule has 2 nitrogen and oxygen atoms in total. The first-order chi connectivity index (χ1) is 4.88. The third-order valence-corrected chi connectivity index (χ3v) is 2.55. The first-order valence-electron chi connectivity index (χ1n) is 4.07. The molecular formula is C8H14N2. The maximum atomic E-state index is 5.81. The number of nitrogens with two attached hydrogens (primary N) is 1. The summed E-state index contributed by atoms with van der Waals surface area (Å²) in [6.07, 6.45) is 6.42. The molecule has 2 rings (SSSR count). The van der Waals surface area contributed by atoms with E-state index in [9.17, 15) is 0 Å². The summed E-state index contributed by atoms with van der Waals surface area (Å²) in [5.74, 6) is 0.767. The van der Waals surface area contributed by atoms with Crippen molar-refractivity contribution in [1.82, 2.24) is 5.32 Å². The Morgan fingerprint density at radius 1 is 1.60 bits per heavy atom. The van der Waals surface area contributed by atoms with Gasteiger partial charge in [-0.15, -0.1) is 0 Å². The zero-order valence-electron chi connectivity index (χ0n) is 6.14. The minimum absolute atomic E-state index is 0.172. The van der Waals surface area contributed by atoms with Crippen LogP contribution < -0.4 is 11.1 Å². The van der Waals surface area contributed by atoms with Crippen LogP contribution in [-0.2, 0) is 0 Å². The molecule has 2 aliphatic rings. The Labute approximate surface area is 61.5 Å². The molecule has 0 amide bonds. The molecule has 0 saturated carbocycles. The van der Waals surface area contributed by atoms with Crippen LogP contribution in [0.1, 0.15) is 19.3 Å². The van der Waals surface area contributed by atoms with E-state index in [1.54, 1.807) is 0 Å². The minimum Gasteiger partial charge on any atom is -0.312 e. The molecule has 2 heteroatoms. The van der Waals surface area contributed by atoms with Crippen molar-refractivity contribution in [3.8, 4) is 0 Å². The maximum absolute atomic E-state index is 5.81. The van der Waals surface area contributed by atoms with E-state index >= 15 is 0 Å². The Hall–Kier alpha value is -0.340. The summed E-state index contributed by atoms with van der Waals surface area (Å²) in [7, 11) is 0. The van der Waals surface area contributed by atoms with Crippen LogP contribution in [0.15, 0.2) is 11.6 Å². The number of fused-ring (bicyclic) bond motifs is 1. The van der Waals surface area contributed by atoms with Gasteiger partial charge in [-0.1, -0.05) is 6.08 Å². The lowest BCUT2D eigenvalue weighted by atomic mass is 9.89. The van der Waals surface area contributed by atoms with Gasteiger partial charge in [-0.2, -0.15) is 0 Å². The Morgan fingerprint density at radius 2 is 2.50 bits per heavy atom. The summed E-state index contributed by atoms with van der Waals surface area (Å²) in [5, 5.41) is 3.27. The van der Waals surface area contributed by atoms with E-state index in [0.29, 0.717) is 0 Å². The van der Waals surface area contributed by atoms with Gasteiger partial charge >= 0.3 is 0 Å². The predicted octanol–water partition coefficient (Wildman–Crippen LogP) is 0.601. The lowest BCUT2D eigenvalue weighted by Crippen LogP contribution is -2.31. The number of allylic oxidation sites excluding steroid dienone is 1. The second-order valence-corrected chi connectivity index (χ2v) is 3.22. The quantitative estimate of drug-likeness (QED) is 0.481. The minimum atomic E-state index is 0.172. The monoisotopic (exact) mass is 138 g/mol. The topological polar surface area (TPSA) is 38.0 Å². The second kappa shape index (κ2) is 2.36. The summed E-state index contributed by atoms with van der Waals surface area (Å²) in [6, 6.07) is 0. The fourth-order valence-corrected chi connectivity index (χ4v) is 1.95. The first-order valence-corrected chi connectivity index (χ1v) is 4.07. The molecule has 1 aliphatic carbocycles. The standard InChI is InChI=1S/C8H14N2/c9-8-7-4-2-1-3-6(7)5-10-8/h4,6,8,10H,1-3,5,9H2. The molecule has 1 heterocycles.